The number of oxime groups is 1. The van der Waals surface area contributed by atoms with Gasteiger partial charge in [0.05, 0.1) is 32.4 Å². The quantitative estimate of drug-likeness (QED) is 0.0652. The largest absolute Gasteiger partial charge is 0.503 e. The zero-order chi connectivity index (χ0) is 38.6. The van der Waals surface area contributed by atoms with Crippen LogP contribution in [0.3, 0.4) is 0 Å². The van der Waals surface area contributed by atoms with E-state index in [1.807, 2.05) is 0 Å². The number of carbonyl (C=O) groups is 6. The van der Waals surface area contributed by atoms with Gasteiger partial charge < -0.3 is 50.3 Å². The molecule has 0 aromatic carbocycles. The van der Waals surface area contributed by atoms with E-state index in [0.29, 0.717) is 42.8 Å². The molecule has 0 spiro atoms. The van der Waals surface area contributed by atoms with Gasteiger partial charge in [-0.3, -0.25) is 28.9 Å². The van der Waals surface area contributed by atoms with Gasteiger partial charge in [0.2, 0.25) is 12.0 Å². The number of nitrogens with zero attached hydrogens (tertiary/aromatic N) is 6. The van der Waals surface area contributed by atoms with Gasteiger partial charge in [0, 0.05) is 55.6 Å². The van der Waals surface area contributed by atoms with Gasteiger partial charge in [-0.2, -0.15) is 0 Å². The molecule has 20 nitrogen and oxygen atoms in total. The molecule has 2 aromatic rings. The molecule has 22 heteroatoms. The van der Waals surface area contributed by atoms with Crippen LogP contribution in [0, 0.1) is 0 Å². The Bertz CT molecular complexity index is 1950. The number of aromatic nitrogens is 2. The molecule has 3 amide bonds. The lowest BCUT2D eigenvalue weighted by Gasteiger charge is -2.50. The van der Waals surface area contributed by atoms with Crippen LogP contribution in [0.4, 0.5) is 5.13 Å². The van der Waals surface area contributed by atoms with Gasteiger partial charge >= 0.3 is 11.9 Å². The van der Waals surface area contributed by atoms with E-state index >= 15 is 0 Å². The number of hydrogen-bond donors (Lipinski definition) is 6. The summed E-state index contributed by atoms with van der Waals surface area (Å²) in [5.74, 6) is -5.38. The number of rotatable bonds is 12. The number of nitrogens with two attached hydrogens (primary N) is 1. The standard InChI is InChI=1S/C29H32N8O10S2.C2H4O2/c30-29-31-16(14-49-29)21(33-47-12-20(40)41)24(42)32-22-26(44)36-23(28(45)46)15(13-48-27(22)36)11-37(6-1-2-7-37)8-5-34-3-4-35-10-19(39)18(38)9-17(35)25(34)43;1-2(3)4/h9-10,14,22,27H,1-8,11-13H2,(H5-,30,31,32,39,40,41,42,45,46);1H3,(H,3,4)/p+1/b33-21-;. The monoisotopic (exact) mass is 777 g/mol. The van der Waals surface area contributed by atoms with Crippen molar-refractivity contribution in [2.75, 3.05) is 57.4 Å². The summed E-state index contributed by atoms with van der Waals surface area (Å²) in [6.07, 6.45) is 3.10. The number of pyridine rings is 1. The van der Waals surface area contributed by atoms with Gasteiger partial charge in [0.25, 0.3) is 23.7 Å². The fourth-order valence-corrected chi connectivity index (χ4v) is 8.49. The zero-order valence-corrected chi connectivity index (χ0v) is 29.9. The predicted octanol–water partition coefficient (Wildman–Crippen LogP) is -1.01. The molecular formula is C31H37N8O12S2+. The van der Waals surface area contributed by atoms with Gasteiger partial charge in [-0.15, -0.1) is 23.1 Å². The average molecular weight is 778 g/mol. The number of amides is 3. The molecule has 0 bridgehead atoms. The number of nitrogen functional groups attached to an aromatic ring is 1. The maximum Gasteiger partial charge on any atom is 0.352 e. The fraction of sp³-hybridized carbons (Fsp3) is 0.452. The number of quaternary nitrogens is 1. The molecular weight excluding hydrogens is 741 g/mol. The second kappa shape index (κ2) is 16.0. The number of fused-ring (bicyclic) bond motifs is 2. The molecule has 2 atom stereocenters. The second-order valence-corrected chi connectivity index (χ2v) is 14.6. The molecule has 53 heavy (non-hydrogen) atoms. The van der Waals surface area contributed by atoms with Crippen LogP contribution in [0.25, 0.3) is 0 Å². The Balaban J connectivity index is 0.00000129. The SMILES string of the molecule is CC(=O)O.Nc1nc(/C(=N/OCC(=O)O)C(=O)NC2C(=O)N3C(C(=O)O)=C(C[N+]4(CCN5CCn6cc(O)c(=O)cc6C5=O)CCCC4)CSC23)cs1. The number of likely N-dealkylation sites (tertiary alicyclic amines) is 1. The predicted molar refractivity (Wildman–Crippen MR) is 187 cm³/mol. The third-order valence-corrected chi connectivity index (χ3v) is 11.0. The first-order chi connectivity index (χ1) is 25.1. The molecule has 6 heterocycles. The lowest BCUT2D eigenvalue weighted by Crippen LogP contribution is -2.71. The van der Waals surface area contributed by atoms with E-state index < -0.39 is 64.6 Å². The smallest absolute Gasteiger partial charge is 0.352 e. The third-order valence-electron chi connectivity index (χ3n) is 8.97. The van der Waals surface area contributed by atoms with Crippen molar-refractivity contribution in [2.24, 2.45) is 5.16 Å². The van der Waals surface area contributed by atoms with E-state index in [0.717, 1.165) is 50.3 Å². The summed E-state index contributed by atoms with van der Waals surface area (Å²) in [5, 5.41) is 43.4. The van der Waals surface area contributed by atoms with Crippen LogP contribution < -0.4 is 16.5 Å². The lowest BCUT2D eigenvalue weighted by atomic mass is 10.0. The van der Waals surface area contributed by atoms with E-state index in [2.05, 4.69) is 15.5 Å². The minimum absolute atomic E-state index is 0.0158. The van der Waals surface area contributed by atoms with Crippen LogP contribution in [0.15, 0.2) is 38.9 Å². The Labute approximate surface area is 308 Å². The number of thiazole rings is 1. The molecule has 4 aliphatic rings. The van der Waals surface area contributed by atoms with Crippen molar-refractivity contribution >= 4 is 69.6 Å². The van der Waals surface area contributed by atoms with Crippen molar-refractivity contribution in [3.63, 3.8) is 0 Å². The van der Waals surface area contributed by atoms with Gasteiger partial charge in [0.1, 0.15) is 35.0 Å². The summed E-state index contributed by atoms with van der Waals surface area (Å²) in [4.78, 5) is 96.0. The first kappa shape index (κ1) is 38.7. The molecule has 0 radical (unpaired) electrons. The molecule has 2 saturated heterocycles. The molecule has 4 aliphatic heterocycles. The first-order valence-corrected chi connectivity index (χ1v) is 18.1. The topological polar surface area (TPSA) is 284 Å². The zero-order valence-electron chi connectivity index (χ0n) is 28.3. The molecule has 2 fully saturated rings. The number of anilines is 1. The number of aliphatic carboxylic acids is 3. The van der Waals surface area contributed by atoms with Crippen LogP contribution >= 0.6 is 23.1 Å². The molecule has 0 aliphatic carbocycles. The molecule has 2 unspecified atom stereocenters. The van der Waals surface area contributed by atoms with Gasteiger partial charge in [0.15, 0.2) is 16.6 Å². The number of carboxylic acids is 3. The first-order valence-electron chi connectivity index (χ1n) is 16.2. The fourth-order valence-electron chi connectivity index (χ4n) is 6.61. The van der Waals surface area contributed by atoms with E-state index in [9.17, 15) is 39.0 Å². The van der Waals surface area contributed by atoms with Crippen molar-refractivity contribution < 1.29 is 58.5 Å². The van der Waals surface area contributed by atoms with Gasteiger partial charge in [-0.05, 0) is 0 Å². The Hall–Kier alpha value is -5.48. The Kier molecular flexibility index (Phi) is 11.7. The highest BCUT2D eigenvalue weighted by atomic mass is 32.2. The molecule has 2 aromatic heterocycles. The number of carboxylic acid groups (broad SMARTS) is 3. The summed E-state index contributed by atoms with van der Waals surface area (Å²) in [6.45, 7) is 3.85. The van der Waals surface area contributed by atoms with E-state index in [-0.39, 0.29) is 33.9 Å². The van der Waals surface area contributed by atoms with Crippen LogP contribution in [0.2, 0.25) is 0 Å². The molecule has 284 valence electrons. The lowest BCUT2D eigenvalue weighted by molar-refractivity contribution is -0.911. The summed E-state index contributed by atoms with van der Waals surface area (Å²) in [5.41, 5.74) is 5.33. The second-order valence-electron chi connectivity index (χ2n) is 12.6. The number of hydrogen-bond acceptors (Lipinski definition) is 14. The highest BCUT2D eigenvalue weighted by Gasteiger charge is 2.55. The van der Waals surface area contributed by atoms with Crippen LogP contribution in [0.1, 0.15) is 35.9 Å². The van der Waals surface area contributed by atoms with Crippen molar-refractivity contribution in [2.45, 2.75) is 37.7 Å². The number of thioether (sulfide) groups is 1. The summed E-state index contributed by atoms with van der Waals surface area (Å²) < 4.78 is 2.09. The maximum atomic E-state index is 13.4. The highest BCUT2D eigenvalue weighted by molar-refractivity contribution is 8.00. The summed E-state index contributed by atoms with van der Waals surface area (Å²) >= 11 is 2.33. The number of nitrogens with one attached hydrogen (secondary N) is 1. The van der Waals surface area contributed by atoms with E-state index in [4.69, 9.17) is 25.6 Å². The number of carbonyl (C=O) groups excluding carboxylic acids is 3. The Morgan fingerprint density at radius 1 is 1.13 bits per heavy atom. The van der Waals surface area contributed by atoms with Crippen molar-refractivity contribution in [3.8, 4) is 5.75 Å². The summed E-state index contributed by atoms with van der Waals surface area (Å²) in [7, 11) is 0. The average Bonchev–Trinajstić information content (AvgIpc) is 3.74. The minimum atomic E-state index is -1.32. The number of β-lactam (4-membered cyclic amide) rings is 1. The summed E-state index contributed by atoms with van der Waals surface area (Å²) in [6, 6.07) is 0.0468. The molecule has 6 rings (SSSR count). The van der Waals surface area contributed by atoms with E-state index in [1.54, 1.807) is 9.47 Å². The minimum Gasteiger partial charge on any atom is -0.503 e. The maximum absolute atomic E-state index is 13.4. The Morgan fingerprint density at radius 3 is 2.45 bits per heavy atom. The normalized spacial score (nSPS) is 20.4. The van der Waals surface area contributed by atoms with Crippen molar-refractivity contribution in [1.29, 1.82) is 0 Å². The molecule has 0 saturated carbocycles. The highest BCUT2D eigenvalue weighted by Crippen LogP contribution is 2.41. The van der Waals surface area contributed by atoms with Crippen molar-refractivity contribution in [1.82, 2.24) is 24.7 Å². The van der Waals surface area contributed by atoms with Crippen LogP contribution in [0.5, 0.6) is 5.75 Å². The van der Waals surface area contributed by atoms with E-state index in [1.165, 1.54) is 28.2 Å². The van der Waals surface area contributed by atoms with Gasteiger partial charge in [-0.1, -0.05) is 5.16 Å². The Morgan fingerprint density at radius 2 is 1.83 bits per heavy atom. The van der Waals surface area contributed by atoms with Crippen LogP contribution in [-0.2, 0) is 35.4 Å². The van der Waals surface area contributed by atoms with Gasteiger partial charge in [-0.25, -0.2) is 14.6 Å². The molecule has 7 N–H and O–H groups in total. The van der Waals surface area contributed by atoms with Crippen molar-refractivity contribution in [3.05, 3.63) is 50.5 Å². The van der Waals surface area contributed by atoms with Crippen LogP contribution in [-0.4, -0.2) is 149 Å². The number of aromatic hydroxyl groups is 1. The third kappa shape index (κ3) is 8.60.